The van der Waals surface area contributed by atoms with Crippen LogP contribution in [0.15, 0.2) is 48.5 Å². The number of aromatic nitrogens is 5. The number of carboxylic acids is 1. The third kappa shape index (κ3) is 7.35. The van der Waals surface area contributed by atoms with Gasteiger partial charge in [-0.2, -0.15) is 10.2 Å². The van der Waals surface area contributed by atoms with Gasteiger partial charge >= 0.3 is 5.97 Å². The first-order chi connectivity index (χ1) is 26.0. The van der Waals surface area contributed by atoms with Crippen LogP contribution in [0.3, 0.4) is 0 Å². The number of fused-ring (bicyclic) bond motifs is 8. The van der Waals surface area contributed by atoms with Crippen LogP contribution in [0.2, 0.25) is 5.02 Å². The quantitative estimate of drug-likeness (QED) is 0.164. The summed E-state index contributed by atoms with van der Waals surface area (Å²) in [7, 11) is 5.44. The van der Waals surface area contributed by atoms with Crippen molar-refractivity contribution in [3.63, 3.8) is 0 Å². The highest BCUT2D eigenvalue weighted by Gasteiger charge is 2.30. The third-order valence-corrected chi connectivity index (χ3v) is 10.7. The van der Waals surface area contributed by atoms with Crippen molar-refractivity contribution >= 4 is 39.2 Å². The Morgan fingerprint density at radius 1 is 1.02 bits per heavy atom. The fourth-order valence-corrected chi connectivity index (χ4v) is 7.89. The molecule has 54 heavy (non-hydrogen) atoms. The van der Waals surface area contributed by atoms with Crippen LogP contribution in [0.5, 0.6) is 5.75 Å². The maximum atomic E-state index is 14.4. The number of carbonyl (C=O) groups is 1. The smallest absolute Gasteiger partial charge is 0.352 e. The summed E-state index contributed by atoms with van der Waals surface area (Å²) in [6, 6.07) is 14.5. The zero-order valence-corrected chi connectivity index (χ0v) is 32.0. The second kappa shape index (κ2) is 15.9. The van der Waals surface area contributed by atoms with Crippen molar-refractivity contribution < 1.29 is 33.2 Å². The van der Waals surface area contributed by atoms with Crippen molar-refractivity contribution in [3.05, 3.63) is 99.0 Å². The first kappa shape index (κ1) is 37.6. The fraction of sp³-hybridized carbons (Fsp3) is 0.390. The van der Waals surface area contributed by atoms with Gasteiger partial charge in [0, 0.05) is 84.6 Å². The van der Waals surface area contributed by atoms with Crippen LogP contribution in [-0.2, 0) is 54.3 Å². The number of hydrogen-bond donors (Lipinski definition) is 1. The second-order valence-electron chi connectivity index (χ2n) is 13.8. The summed E-state index contributed by atoms with van der Waals surface area (Å²) in [6.07, 6.45) is 1.87. The number of hydrogen-bond acceptors (Lipinski definition) is 7. The molecule has 0 fully saturated rings. The average molecular weight is 758 g/mol. The van der Waals surface area contributed by atoms with Gasteiger partial charge < -0.3 is 28.6 Å². The van der Waals surface area contributed by atoms with Gasteiger partial charge in [0.2, 0.25) is 0 Å². The summed E-state index contributed by atoms with van der Waals surface area (Å²) < 4.78 is 44.1. The molecule has 284 valence electrons. The topological polar surface area (TPSA) is 115 Å². The molecule has 4 heterocycles. The van der Waals surface area contributed by atoms with E-state index in [1.165, 1.54) is 12.1 Å². The van der Waals surface area contributed by atoms with Crippen molar-refractivity contribution in [2.75, 3.05) is 33.5 Å². The Labute approximate surface area is 318 Å². The first-order valence-corrected chi connectivity index (χ1v) is 18.6. The minimum Gasteiger partial charge on any atom is -0.493 e. The Bertz CT molecular complexity index is 2350. The Morgan fingerprint density at radius 2 is 1.85 bits per heavy atom. The number of rotatable bonds is 7. The molecule has 0 saturated heterocycles. The van der Waals surface area contributed by atoms with E-state index in [9.17, 15) is 14.3 Å². The zero-order chi connectivity index (χ0) is 38.1. The number of ether oxygens (including phenoxy) is 4. The first-order valence-electron chi connectivity index (χ1n) is 18.2. The van der Waals surface area contributed by atoms with Gasteiger partial charge in [-0.3, -0.25) is 9.36 Å². The van der Waals surface area contributed by atoms with E-state index in [1.54, 1.807) is 13.2 Å². The maximum Gasteiger partial charge on any atom is 0.352 e. The molecule has 13 heteroatoms. The van der Waals surface area contributed by atoms with Crippen LogP contribution in [0.25, 0.3) is 32.8 Å². The number of aryl methyl sites for hydroxylation is 6. The van der Waals surface area contributed by atoms with Crippen LogP contribution < -0.4 is 4.74 Å². The molecule has 0 spiro atoms. The predicted molar refractivity (Wildman–Crippen MR) is 205 cm³/mol. The summed E-state index contributed by atoms with van der Waals surface area (Å²) >= 11 is 7.11. The largest absolute Gasteiger partial charge is 0.493 e. The van der Waals surface area contributed by atoms with Gasteiger partial charge in [0.1, 0.15) is 23.4 Å². The van der Waals surface area contributed by atoms with Crippen LogP contribution in [-0.4, -0.2) is 68.7 Å². The lowest BCUT2D eigenvalue weighted by Gasteiger charge is -2.19. The van der Waals surface area contributed by atoms with Gasteiger partial charge in [0.25, 0.3) is 0 Å². The van der Waals surface area contributed by atoms with Gasteiger partial charge in [-0.15, -0.1) is 0 Å². The lowest BCUT2D eigenvalue weighted by molar-refractivity contribution is -0.000806. The molecule has 0 aliphatic carbocycles. The lowest BCUT2D eigenvalue weighted by Crippen LogP contribution is -2.12. The third-order valence-electron chi connectivity index (χ3n) is 10.3. The molecule has 1 N–H and O–H groups in total. The van der Waals surface area contributed by atoms with E-state index in [0.29, 0.717) is 86.2 Å². The summed E-state index contributed by atoms with van der Waals surface area (Å²) in [5.74, 6) is -0.693. The molecule has 3 aromatic heterocycles. The van der Waals surface area contributed by atoms with Gasteiger partial charge in [0.05, 0.1) is 37.8 Å². The monoisotopic (exact) mass is 757 g/mol. The molecule has 7 rings (SSSR count). The molecule has 1 aliphatic rings. The molecule has 8 bridgehead atoms. The highest BCUT2D eigenvalue weighted by molar-refractivity contribution is 6.35. The van der Waals surface area contributed by atoms with E-state index in [1.807, 2.05) is 66.1 Å². The number of carboxylic acid groups (broad SMARTS) is 1. The Morgan fingerprint density at radius 3 is 2.65 bits per heavy atom. The van der Waals surface area contributed by atoms with E-state index < -0.39 is 12.1 Å². The van der Waals surface area contributed by atoms with E-state index in [0.717, 1.165) is 49.9 Å². The van der Waals surface area contributed by atoms with Gasteiger partial charge in [-0.05, 0) is 92.1 Å². The molecule has 1 atom stereocenters. The Hall–Kier alpha value is -4.75. The summed E-state index contributed by atoms with van der Waals surface area (Å²) in [5.41, 5.74) is 7.38. The van der Waals surface area contributed by atoms with Gasteiger partial charge in [-0.1, -0.05) is 17.7 Å². The molecule has 6 aromatic rings. The molecular formula is C41H45ClFN5O6. The SMILES string of the molecule is COCCOCCC1OCc2cc(n(C)n2)CCc2cc(c3ccc(F)cc3c2)OCCCn2c(C(=O)O)c(C)c3c(c(Cl)ccc32)-c2c1nn(C)c2C. The minimum atomic E-state index is -1.03. The predicted octanol–water partition coefficient (Wildman–Crippen LogP) is 7.91. The van der Waals surface area contributed by atoms with Crippen molar-refractivity contribution in [3.8, 4) is 16.9 Å². The second-order valence-corrected chi connectivity index (χ2v) is 14.2. The maximum absolute atomic E-state index is 14.4. The fourth-order valence-electron chi connectivity index (χ4n) is 7.63. The molecule has 0 amide bonds. The number of aromatic carboxylic acids is 1. The zero-order valence-electron chi connectivity index (χ0n) is 31.2. The van der Waals surface area contributed by atoms with Gasteiger partial charge in [0.15, 0.2) is 0 Å². The molecule has 1 aliphatic heterocycles. The van der Waals surface area contributed by atoms with Crippen LogP contribution in [0.4, 0.5) is 4.39 Å². The number of halogens is 2. The van der Waals surface area contributed by atoms with Gasteiger partial charge in [-0.25, -0.2) is 9.18 Å². The minimum absolute atomic E-state index is 0.187. The summed E-state index contributed by atoms with van der Waals surface area (Å²) in [4.78, 5) is 12.9. The van der Waals surface area contributed by atoms with Crippen molar-refractivity contribution in [1.82, 2.24) is 24.1 Å². The molecule has 0 radical (unpaired) electrons. The highest BCUT2D eigenvalue weighted by atomic mass is 35.5. The van der Waals surface area contributed by atoms with E-state index >= 15 is 0 Å². The number of methoxy groups -OCH3 is 1. The highest BCUT2D eigenvalue weighted by Crippen LogP contribution is 2.44. The number of nitrogens with zero attached hydrogens (tertiary/aromatic N) is 5. The van der Waals surface area contributed by atoms with Crippen LogP contribution in [0, 0.1) is 19.7 Å². The standard InChI is InChI=1S/C41H45ClFN5O6/c1-24-36-33-12-11-32(42)38(36)37-25(2)46(3)45-39(37)34(13-16-52-18-17-51-5)54-23-29-22-30(47(4)44-29)9-7-26-19-27-21-28(43)8-10-31(27)35(20-26)53-15-6-14-48(33)40(24)41(49)50/h8,10-12,19-22,34H,6-7,9,13-18,23H2,1-5H3,(H,49,50). The molecule has 3 aromatic carbocycles. The summed E-state index contributed by atoms with van der Waals surface area (Å²) in [6.45, 7) is 6.03. The summed E-state index contributed by atoms with van der Waals surface area (Å²) in [5, 5.41) is 23.1. The Balaban J connectivity index is 1.37. The van der Waals surface area contributed by atoms with Crippen molar-refractivity contribution in [1.29, 1.82) is 0 Å². The van der Waals surface area contributed by atoms with E-state index in [-0.39, 0.29) is 18.1 Å². The van der Waals surface area contributed by atoms with Crippen LogP contribution >= 0.6 is 11.6 Å². The van der Waals surface area contributed by atoms with E-state index in [4.69, 9.17) is 40.7 Å². The van der Waals surface area contributed by atoms with Crippen molar-refractivity contribution in [2.45, 2.75) is 58.8 Å². The van der Waals surface area contributed by atoms with Crippen molar-refractivity contribution in [2.24, 2.45) is 14.1 Å². The average Bonchev–Trinajstić information content (AvgIpc) is 3.75. The van der Waals surface area contributed by atoms with Crippen LogP contribution in [0.1, 0.15) is 63.3 Å². The molecule has 11 nitrogen and oxygen atoms in total. The molecular weight excluding hydrogens is 713 g/mol. The normalized spacial score (nSPS) is 15.4. The molecule has 1 unspecified atom stereocenters. The van der Waals surface area contributed by atoms with E-state index in [2.05, 4.69) is 6.07 Å². The molecule has 0 saturated carbocycles. The lowest BCUT2D eigenvalue weighted by atomic mass is 9.94. The number of benzene rings is 3. The Kier molecular flexibility index (Phi) is 11.1.